The number of halogens is 1. The summed E-state index contributed by atoms with van der Waals surface area (Å²) in [6.07, 6.45) is 2.70. The minimum atomic E-state index is -0.206. The van der Waals surface area contributed by atoms with Crippen molar-refractivity contribution in [3.05, 3.63) is 34.3 Å². The predicted octanol–water partition coefficient (Wildman–Crippen LogP) is 3.57. The van der Waals surface area contributed by atoms with Crippen LogP contribution in [0.4, 0.5) is 0 Å². The number of ether oxygens (including phenoxy) is 1. The highest BCUT2D eigenvalue weighted by Gasteiger charge is 2.07. The normalized spacial score (nSPS) is 10.3. The van der Waals surface area contributed by atoms with Crippen LogP contribution in [-0.4, -0.2) is 5.60 Å². The third kappa shape index (κ3) is 4.34. The lowest BCUT2D eigenvalue weighted by Crippen LogP contribution is -2.15. The van der Waals surface area contributed by atoms with E-state index in [0.717, 1.165) is 10.0 Å². The largest absolute Gasteiger partial charge is 0.441 e. The molecule has 0 heterocycles. The van der Waals surface area contributed by atoms with E-state index in [0.29, 0.717) is 0 Å². The van der Waals surface area contributed by atoms with Gasteiger partial charge in [0.2, 0.25) is 0 Å². The summed E-state index contributed by atoms with van der Waals surface area (Å²) < 4.78 is 6.35. The molecule has 2 heteroatoms. The SMILES string of the molecule is CC(C)(C)OC#Cc1ccc(Br)cc1. The van der Waals surface area contributed by atoms with Gasteiger partial charge in [-0.3, -0.25) is 0 Å². The van der Waals surface area contributed by atoms with E-state index in [1.165, 1.54) is 0 Å². The lowest BCUT2D eigenvalue weighted by Gasteiger charge is -2.14. The fourth-order valence-corrected chi connectivity index (χ4v) is 1.04. The van der Waals surface area contributed by atoms with Gasteiger partial charge in [-0.2, -0.15) is 0 Å². The van der Waals surface area contributed by atoms with Crippen LogP contribution in [-0.2, 0) is 4.74 Å². The molecule has 0 spiro atoms. The molecule has 74 valence electrons. The number of hydrogen-bond donors (Lipinski definition) is 0. The highest BCUT2D eigenvalue weighted by molar-refractivity contribution is 9.10. The smallest absolute Gasteiger partial charge is 0.116 e. The monoisotopic (exact) mass is 252 g/mol. The minimum absolute atomic E-state index is 0.206. The molecule has 0 radical (unpaired) electrons. The molecule has 1 aromatic carbocycles. The molecule has 0 saturated carbocycles. The quantitative estimate of drug-likeness (QED) is 0.642. The van der Waals surface area contributed by atoms with E-state index in [9.17, 15) is 0 Å². The summed E-state index contributed by atoms with van der Waals surface area (Å²) >= 11 is 3.37. The summed E-state index contributed by atoms with van der Waals surface area (Å²) in [6.45, 7) is 5.93. The van der Waals surface area contributed by atoms with Crippen molar-refractivity contribution in [2.75, 3.05) is 0 Å². The summed E-state index contributed by atoms with van der Waals surface area (Å²) in [5.41, 5.74) is 0.750. The molecule has 0 aliphatic carbocycles. The van der Waals surface area contributed by atoms with Gasteiger partial charge in [0.15, 0.2) is 0 Å². The maximum atomic E-state index is 5.29. The third-order valence-electron chi connectivity index (χ3n) is 1.40. The molecule has 14 heavy (non-hydrogen) atoms. The topological polar surface area (TPSA) is 9.23 Å². The molecular formula is C12H13BrO. The maximum Gasteiger partial charge on any atom is 0.116 e. The first kappa shape index (κ1) is 11.1. The van der Waals surface area contributed by atoms with Gasteiger partial charge < -0.3 is 4.74 Å². The Labute approximate surface area is 93.6 Å². The van der Waals surface area contributed by atoms with Crippen molar-refractivity contribution in [2.45, 2.75) is 26.4 Å². The van der Waals surface area contributed by atoms with E-state index >= 15 is 0 Å². The minimum Gasteiger partial charge on any atom is -0.441 e. The molecule has 1 rings (SSSR count). The lowest BCUT2D eigenvalue weighted by atomic mass is 10.2. The Morgan fingerprint density at radius 2 is 1.71 bits per heavy atom. The highest BCUT2D eigenvalue weighted by Crippen LogP contribution is 2.10. The van der Waals surface area contributed by atoms with Crippen molar-refractivity contribution in [3.8, 4) is 12.0 Å². The molecule has 0 saturated heterocycles. The van der Waals surface area contributed by atoms with Crippen LogP contribution in [0.1, 0.15) is 26.3 Å². The van der Waals surface area contributed by atoms with Crippen molar-refractivity contribution in [1.29, 1.82) is 0 Å². The summed E-state index contributed by atoms with van der Waals surface area (Å²) in [5.74, 6) is 2.94. The van der Waals surface area contributed by atoms with E-state index in [1.807, 2.05) is 45.0 Å². The first-order chi connectivity index (χ1) is 6.47. The summed E-state index contributed by atoms with van der Waals surface area (Å²) in [4.78, 5) is 0. The van der Waals surface area contributed by atoms with Crippen LogP contribution in [0.2, 0.25) is 0 Å². The van der Waals surface area contributed by atoms with E-state index in [-0.39, 0.29) is 5.60 Å². The fraction of sp³-hybridized carbons (Fsp3) is 0.333. The Balaban J connectivity index is 2.64. The van der Waals surface area contributed by atoms with Crippen molar-refractivity contribution in [2.24, 2.45) is 0 Å². The second-order valence-corrected chi connectivity index (χ2v) is 4.86. The zero-order chi connectivity index (χ0) is 10.6. The van der Waals surface area contributed by atoms with Crippen molar-refractivity contribution < 1.29 is 4.74 Å². The molecule has 0 aliphatic heterocycles. The average molecular weight is 253 g/mol. The zero-order valence-electron chi connectivity index (χ0n) is 8.60. The van der Waals surface area contributed by atoms with Crippen molar-refractivity contribution >= 4 is 15.9 Å². The van der Waals surface area contributed by atoms with E-state index in [4.69, 9.17) is 4.74 Å². The molecule has 0 atom stereocenters. The Bertz CT molecular complexity index is 349. The molecule has 0 unspecified atom stereocenters. The van der Waals surface area contributed by atoms with Crippen molar-refractivity contribution in [1.82, 2.24) is 0 Å². The molecule has 0 aromatic heterocycles. The summed E-state index contributed by atoms with van der Waals surface area (Å²) in [7, 11) is 0. The molecule has 0 fully saturated rings. The lowest BCUT2D eigenvalue weighted by molar-refractivity contribution is 0.0963. The number of benzene rings is 1. The van der Waals surface area contributed by atoms with Gasteiger partial charge in [0, 0.05) is 10.0 Å². The zero-order valence-corrected chi connectivity index (χ0v) is 10.2. The molecule has 0 bridgehead atoms. The van der Waals surface area contributed by atoms with Crippen molar-refractivity contribution in [3.63, 3.8) is 0 Å². The van der Waals surface area contributed by atoms with Crippen LogP contribution in [0.3, 0.4) is 0 Å². The fourth-order valence-electron chi connectivity index (χ4n) is 0.771. The molecule has 0 aliphatic rings. The van der Waals surface area contributed by atoms with Crippen LogP contribution in [0, 0.1) is 12.0 Å². The van der Waals surface area contributed by atoms with Crippen LogP contribution in [0.5, 0.6) is 0 Å². The van der Waals surface area contributed by atoms with E-state index in [1.54, 1.807) is 0 Å². The Kier molecular flexibility index (Phi) is 3.60. The van der Waals surface area contributed by atoms with Gasteiger partial charge in [0.05, 0.1) is 0 Å². The standard InChI is InChI=1S/C12H13BrO/c1-12(2,3)14-9-8-10-4-6-11(13)7-5-10/h4-7H,1-3H3. The van der Waals surface area contributed by atoms with Gasteiger partial charge in [-0.05, 0) is 51.0 Å². The molecule has 0 amide bonds. The van der Waals surface area contributed by atoms with Crippen LogP contribution in [0.25, 0.3) is 0 Å². The Morgan fingerprint density at radius 3 is 2.21 bits per heavy atom. The second kappa shape index (κ2) is 4.52. The van der Waals surface area contributed by atoms with E-state index in [2.05, 4.69) is 28.0 Å². The van der Waals surface area contributed by atoms with Gasteiger partial charge >= 0.3 is 0 Å². The van der Waals surface area contributed by atoms with Gasteiger partial charge in [-0.25, -0.2) is 0 Å². The predicted molar refractivity (Wildman–Crippen MR) is 61.9 cm³/mol. The highest BCUT2D eigenvalue weighted by atomic mass is 79.9. The molecule has 0 N–H and O–H groups in total. The van der Waals surface area contributed by atoms with Gasteiger partial charge in [0.25, 0.3) is 0 Å². The molecule has 1 nitrogen and oxygen atoms in total. The Morgan fingerprint density at radius 1 is 1.14 bits per heavy atom. The van der Waals surface area contributed by atoms with Gasteiger partial charge in [-0.15, -0.1) is 0 Å². The maximum absolute atomic E-state index is 5.29. The number of hydrogen-bond acceptors (Lipinski definition) is 1. The first-order valence-electron chi connectivity index (χ1n) is 4.42. The Hall–Kier alpha value is -0.940. The van der Waals surface area contributed by atoms with Gasteiger partial charge in [-0.1, -0.05) is 15.9 Å². The summed E-state index contributed by atoms with van der Waals surface area (Å²) in [6, 6.07) is 7.81. The van der Waals surface area contributed by atoms with Crippen LogP contribution in [0.15, 0.2) is 28.7 Å². The summed E-state index contributed by atoms with van der Waals surface area (Å²) in [5, 5.41) is 0. The molecular weight excluding hydrogens is 240 g/mol. The van der Waals surface area contributed by atoms with E-state index < -0.39 is 0 Å². The van der Waals surface area contributed by atoms with Crippen LogP contribution < -0.4 is 0 Å². The third-order valence-corrected chi connectivity index (χ3v) is 1.93. The van der Waals surface area contributed by atoms with Gasteiger partial charge in [0.1, 0.15) is 11.7 Å². The second-order valence-electron chi connectivity index (χ2n) is 3.95. The average Bonchev–Trinajstić information content (AvgIpc) is 2.06. The number of rotatable bonds is 0. The molecule has 1 aromatic rings. The van der Waals surface area contributed by atoms with Crippen LogP contribution >= 0.6 is 15.9 Å². The first-order valence-corrected chi connectivity index (χ1v) is 5.21.